The number of nitrogen functional groups attached to an aromatic ring is 1. The Morgan fingerprint density at radius 3 is 2.44 bits per heavy atom. The summed E-state index contributed by atoms with van der Waals surface area (Å²) in [4.78, 5) is 2.28. The van der Waals surface area contributed by atoms with Gasteiger partial charge in [-0.25, -0.2) is 0 Å². The van der Waals surface area contributed by atoms with Gasteiger partial charge in [0.2, 0.25) is 0 Å². The summed E-state index contributed by atoms with van der Waals surface area (Å²) in [5, 5.41) is 0. The largest absolute Gasteiger partial charge is 0.399 e. The summed E-state index contributed by atoms with van der Waals surface area (Å²) in [7, 11) is 2.13. The highest BCUT2D eigenvalue weighted by Gasteiger charge is 2.01. The van der Waals surface area contributed by atoms with E-state index in [1.54, 1.807) is 0 Å². The van der Waals surface area contributed by atoms with E-state index < -0.39 is 0 Å². The van der Waals surface area contributed by atoms with E-state index in [9.17, 15) is 0 Å². The van der Waals surface area contributed by atoms with Gasteiger partial charge >= 0.3 is 0 Å². The van der Waals surface area contributed by atoms with Gasteiger partial charge in [0.25, 0.3) is 0 Å². The molecule has 0 fully saturated rings. The highest BCUT2D eigenvalue weighted by molar-refractivity contribution is 5.48. The first-order valence-electron chi connectivity index (χ1n) is 6.27. The average molecular weight is 240 g/mol. The summed E-state index contributed by atoms with van der Waals surface area (Å²) in [6, 6.07) is 16.7. The van der Waals surface area contributed by atoms with E-state index in [0.717, 1.165) is 18.7 Å². The lowest BCUT2D eigenvalue weighted by Crippen LogP contribution is -2.20. The molecule has 0 unspecified atom stereocenters. The lowest BCUT2D eigenvalue weighted by Gasteiger charge is -2.19. The molecule has 2 rings (SSSR count). The second-order valence-corrected chi connectivity index (χ2v) is 4.75. The Balaban J connectivity index is 1.96. The molecule has 94 valence electrons. The molecule has 0 atom stereocenters. The molecule has 2 N–H and O–H groups in total. The minimum atomic E-state index is 0.825. The van der Waals surface area contributed by atoms with Gasteiger partial charge in [-0.2, -0.15) is 0 Å². The van der Waals surface area contributed by atoms with Crippen molar-refractivity contribution in [3.05, 3.63) is 59.7 Å². The Morgan fingerprint density at radius 2 is 1.78 bits per heavy atom. The molecule has 0 aromatic heterocycles. The fourth-order valence-corrected chi connectivity index (χ4v) is 1.98. The van der Waals surface area contributed by atoms with Crippen LogP contribution in [0.4, 0.5) is 11.4 Å². The molecule has 0 aliphatic heterocycles. The molecule has 0 aliphatic rings. The maximum Gasteiger partial charge on any atom is 0.0366 e. The molecule has 0 radical (unpaired) electrons. The van der Waals surface area contributed by atoms with E-state index in [1.807, 2.05) is 12.1 Å². The van der Waals surface area contributed by atoms with Crippen molar-refractivity contribution in [1.82, 2.24) is 0 Å². The quantitative estimate of drug-likeness (QED) is 0.831. The summed E-state index contributed by atoms with van der Waals surface area (Å²) < 4.78 is 0. The summed E-state index contributed by atoms with van der Waals surface area (Å²) >= 11 is 0. The van der Waals surface area contributed by atoms with Gasteiger partial charge in [-0.1, -0.05) is 24.3 Å². The Morgan fingerprint density at radius 1 is 1.06 bits per heavy atom. The Labute approximate surface area is 109 Å². The first kappa shape index (κ1) is 12.5. The van der Waals surface area contributed by atoms with Crippen LogP contribution in [0.3, 0.4) is 0 Å². The van der Waals surface area contributed by atoms with E-state index in [0.29, 0.717) is 0 Å². The van der Waals surface area contributed by atoms with Gasteiger partial charge in [0.05, 0.1) is 0 Å². The number of nitrogens with zero attached hydrogens (tertiary/aromatic N) is 1. The molecule has 0 heterocycles. The molecule has 2 aromatic rings. The predicted molar refractivity (Wildman–Crippen MR) is 79.0 cm³/mol. The Hall–Kier alpha value is -1.96. The molecule has 0 bridgehead atoms. The number of hydrogen-bond acceptors (Lipinski definition) is 2. The van der Waals surface area contributed by atoms with E-state index in [2.05, 4.69) is 55.3 Å². The molecule has 2 aromatic carbocycles. The third-order valence-electron chi connectivity index (χ3n) is 3.16. The molecule has 2 heteroatoms. The molecule has 0 saturated heterocycles. The molecule has 18 heavy (non-hydrogen) atoms. The monoisotopic (exact) mass is 240 g/mol. The van der Waals surface area contributed by atoms with Crippen LogP contribution in [0.25, 0.3) is 0 Å². The van der Waals surface area contributed by atoms with E-state index in [4.69, 9.17) is 5.73 Å². The van der Waals surface area contributed by atoms with E-state index >= 15 is 0 Å². The first-order valence-corrected chi connectivity index (χ1v) is 6.27. The van der Waals surface area contributed by atoms with Gasteiger partial charge in [-0.05, 0) is 48.7 Å². The minimum absolute atomic E-state index is 0.825. The van der Waals surface area contributed by atoms with Crippen LogP contribution in [0.5, 0.6) is 0 Å². The van der Waals surface area contributed by atoms with Gasteiger partial charge in [-0.3, -0.25) is 0 Å². The standard InChI is InChI=1S/C16H20N2/c1-13-4-3-5-16(12-13)18(2)11-10-14-6-8-15(17)9-7-14/h3-9,12H,10-11,17H2,1-2H3. The van der Waals surface area contributed by atoms with Gasteiger partial charge in [-0.15, -0.1) is 0 Å². The van der Waals surface area contributed by atoms with Crippen LogP contribution in [0.2, 0.25) is 0 Å². The fraction of sp³-hybridized carbons (Fsp3) is 0.250. The lowest BCUT2D eigenvalue weighted by atomic mass is 10.1. The number of aryl methyl sites for hydroxylation is 1. The zero-order chi connectivity index (χ0) is 13.0. The van der Waals surface area contributed by atoms with Crippen molar-refractivity contribution in [1.29, 1.82) is 0 Å². The van der Waals surface area contributed by atoms with Crippen molar-refractivity contribution in [2.24, 2.45) is 0 Å². The van der Waals surface area contributed by atoms with Crippen molar-refractivity contribution < 1.29 is 0 Å². The third kappa shape index (κ3) is 3.27. The number of likely N-dealkylation sites (N-methyl/N-ethyl adjacent to an activating group) is 1. The number of benzene rings is 2. The zero-order valence-electron chi connectivity index (χ0n) is 11.1. The highest BCUT2D eigenvalue weighted by Crippen LogP contribution is 2.15. The molecular weight excluding hydrogens is 220 g/mol. The summed E-state index contributed by atoms with van der Waals surface area (Å²) in [5.41, 5.74) is 10.4. The maximum atomic E-state index is 5.68. The van der Waals surface area contributed by atoms with Gasteiger partial charge < -0.3 is 10.6 Å². The molecule has 0 saturated carbocycles. The van der Waals surface area contributed by atoms with Crippen molar-refractivity contribution in [2.45, 2.75) is 13.3 Å². The Bertz CT molecular complexity index is 503. The van der Waals surface area contributed by atoms with Crippen LogP contribution < -0.4 is 10.6 Å². The molecular formula is C16H20N2. The summed E-state index contributed by atoms with van der Waals surface area (Å²) in [5.74, 6) is 0. The van der Waals surface area contributed by atoms with Crippen LogP contribution in [0.1, 0.15) is 11.1 Å². The van der Waals surface area contributed by atoms with Crippen molar-refractivity contribution >= 4 is 11.4 Å². The van der Waals surface area contributed by atoms with Crippen molar-refractivity contribution in [3.8, 4) is 0 Å². The van der Waals surface area contributed by atoms with E-state index in [1.165, 1.54) is 16.8 Å². The maximum absolute atomic E-state index is 5.68. The van der Waals surface area contributed by atoms with Gasteiger partial charge in [0.15, 0.2) is 0 Å². The normalized spacial score (nSPS) is 10.3. The zero-order valence-corrected chi connectivity index (χ0v) is 11.1. The summed E-state index contributed by atoms with van der Waals surface area (Å²) in [6.07, 6.45) is 1.03. The molecule has 0 spiro atoms. The minimum Gasteiger partial charge on any atom is -0.399 e. The second kappa shape index (κ2) is 5.58. The van der Waals surface area contributed by atoms with Crippen LogP contribution in [0, 0.1) is 6.92 Å². The van der Waals surface area contributed by atoms with E-state index in [-0.39, 0.29) is 0 Å². The third-order valence-corrected chi connectivity index (χ3v) is 3.16. The van der Waals surface area contributed by atoms with Gasteiger partial charge in [0, 0.05) is 25.0 Å². The predicted octanol–water partition coefficient (Wildman–Crippen LogP) is 3.26. The first-order chi connectivity index (χ1) is 8.65. The van der Waals surface area contributed by atoms with Crippen molar-refractivity contribution in [3.63, 3.8) is 0 Å². The second-order valence-electron chi connectivity index (χ2n) is 4.75. The molecule has 2 nitrogen and oxygen atoms in total. The average Bonchev–Trinajstić information content (AvgIpc) is 2.38. The van der Waals surface area contributed by atoms with Crippen LogP contribution in [-0.2, 0) is 6.42 Å². The fourth-order valence-electron chi connectivity index (χ4n) is 1.98. The number of nitrogens with two attached hydrogens (primary N) is 1. The highest BCUT2D eigenvalue weighted by atomic mass is 15.1. The lowest BCUT2D eigenvalue weighted by molar-refractivity contribution is 0.876. The van der Waals surface area contributed by atoms with Crippen LogP contribution in [0.15, 0.2) is 48.5 Å². The topological polar surface area (TPSA) is 29.3 Å². The number of anilines is 2. The smallest absolute Gasteiger partial charge is 0.0366 e. The van der Waals surface area contributed by atoms with Gasteiger partial charge in [0.1, 0.15) is 0 Å². The van der Waals surface area contributed by atoms with Crippen LogP contribution in [-0.4, -0.2) is 13.6 Å². The number of hydrogen-bond donors (Lipinski definition) is 1. The number of rotatable bonds is 4. The Kier molecular flexibility index (Phi) is 3.88. The molecule has 0 amide bonds. The summed E-state index contributed by atoms with van der Waals surface area (Å²) in [6.45, 7) is 3.13. The van der Waals surface area contributed by atoms with Crippen molar-refractivity contribution in [2.75, 3.05) is 24.2 Å². The molecule has 0 aliphatic carbocycles. The SMILES string of the molecule is Cc1cccc(N(C)CCc2ccc(N)cc2)c1. The van der Waals surface area contributed by atoms with Crippen LogP contribution >= 0.6 is 0 Å².